The summed E-state index contributed by atoms with van der Waals surface area (Å²) in [4.78, 5) is 53.6. The van der Waals surface area contributed by atoms with Crippen molar-refractivity contribution in [2.45, 2.75) is 63.2 Å². The van der Waals surface area contributed by atoms with Gasteiger partial charge in [0.2, 0.25) is 17.7 Å². The molecular formula is C35H36F3N3O5. The van der Waals surface area contributed by atoms with Gasteiger partial charge in [-0.25, -0.2) is 0 Å². The zero-order chi connectivity index (χ0) is 32.7. The lowest BCUT2D eigenvalue weighted by Crippen LogP contribution is -2.52. The fourth-order valence-electron chi connectivity index (χ4n) is 5.47. The summed E-state index contributed by atoms with van der Waals surface area (Å²) in [6, 6.07) is 20.9. The van der Waals surface area contributed by atoms with Crippen LogP contribution < -0.4 is 20.7 Å². The topological polar surface area (TPSA) is 114 Å². The van der Waals surface area contributed by atoms with Gasteiger partial charge in [0.1, 0.15) is 24.1 Å². The first-order valence-corrected chi connectivity index (χ1v) is 15.4. The minimum atomic E-state index is -4.65. The van der Waals surface area contributed by atoms with E-state index >= 15 is 0 Å². The number of hydrogen-bond donors (Lipinski definition) is 3. The molecule has 0 unspecified atom stereocenters. The van der Waals surface area contributed by atoms with Crippen molar-refractivity contribution in [2.24, 2.45) is 11.8 Å². The van der Waals surface area contributed by atoms with Crippen LogP contribution in [0.4, 0.5) is 13.2 Å². The van der Waals surface area contributed by atoms with E-state index in [0.29, 0.717) is 23.5 Å². The minimum Gasteiger partial charge on any atom is -0.457 e. The second-order valence-electron chi connectivity index (χ2n) is 11.9. The van der Waals surface area contributed by atoms with Gasteiger partial charge in [-0.1, -0.05) is 54.6 Å². The maximum Gasteiger partial charge on any atom is 0.405 e. The van der Waals surface area contributed by atoms with E-state index < -0.39 is 42.5 Å². The average molecular weight is 636 g/mol. The Labute approximate surface area is 265 Å². The first-order chi connectivity index (χ1) is 22.0. The second-order valence-corrected chi connectivity index (χ2v) is 11.9. The molecule has 2 aliphatic rings. The highest BCUT2D eigenvalue weighted by atomic mass is 19.4. The van der Waals surface area contributed by atoms with Crippen molar-refractivity contribution in [1.29, 1.82) is 0 Å². The predicted octanol–water partition coefficient (Wildman–Crippen LogP) is 4.84. The summed E-state index contributed by atoms with van der Waals surface area (Å²) in [5.41, 5.74) is 2.23. The summed E-state index contributed by atoms with van der Waals surface area (Å²) >= 11 is 0. The monoisotopic (exact) mass is 635 g/mol. The van der Waals surface area contributed by atoms with Crippen LogP contribution in [-0.2, 0) is 38.4 Å². The molecule has 3 N–H and O–H groups in total. The third-order valence-corrected chi connectivity index (χ3v) is 8.10. The van der Waals surface area contributed by atoms with Gasteiger partial charge in [-0.2, -0.15) is 13.2 Å². The van der Waals surface area contributed by atoms with Crippen molar-refractivity contribution in [2.75, 3.05) is 6.54 Å². The number of carbonyl (C=O) groups is 4. The Morgan fingerprint density at radius 1 is 0.826 bits per heavy atom. The van der Waals surface area contributed by atoms with Crippen molar-refractivity contribution in [3.05, 3.63) is 95.6 Å². The predicted molar refractivity (Wildman–Crippen MR) is 164 cm³/mol. The number of amides is 3. The molecule has 46 heavy (non-hydrogen) atoms. The third-order valence-electron chi connectivity index (χ3n) is 8.10. The summed E-state index contributed by atoms with van der Waals surface area (Å²) < 4.78 is 45.0. The van der Waals surface area contributed by atoms with Gasteiger partial charge >= 0.3 is 6.18 Å². The Morgan fingerprint density at radius 3 is 2.11 bits per heavy atom. The van der Waals surface area contributed by atoms with Gasteiger partial charge < -0.3 is 20.7 Å². The average Bonchev–Trinajstić information content (AvgIpc) is 3.87. The number of aryl methyl sites for hydroxylation is 1. The Balaban J connectivity index is 1.49. The molecule has 3 amide bonds. The molecule has 11 heteroatoms. The van der Waals surface area contributed by atoms with E-state index in [0.717, 1.165) is 24.0 Å². The van der Waals surface area contributed by atoms with Crippen molar-refractivity contribution in [1.82, 2.24) is 16.0 Å². The molecule has 0 aromatic heterocycles. The number of rotatable bonds is 7. The van der Waals surface area contributed by atoms with Crippen molar-refractivity contribution in [3.8, 4) is 11.5 Å². The SMILES string of the molecule is O=C(N[C@H]1Cc2cccc(c2)Oc2cccc(c2)C[C@@H](C(=O)NCC(F)(F)F)NC(=O)[C@H](CCc2ccccc2)CC1=O)C1CC1. The number of hydrogen-bond acceptors (Lipinski definition) is 5. The quantitative estimate of drug-likeness (QED) is 0.344. The van der Waals surface area contributed by atoms with E-state index in [-0.39, 0.29) is 43.3 Å². The van der Waals surface area contributed by atoms with E-state index in [1.807, 2.05) is 41.7 Å². The van der Waals surface area contributed by atoms with Crippen LogP contribution in [0.15, 0.2) is 78.9 Å². The number of Topliss-reactive ketones (excluding diaryl/α,β-unsaturated/α-hetero) is 1. The minimum absolute atomic E-state index is 0.119. The lowest BCUT2D eigenvalue weighted by Gasteiger charge is -2.25. The Hall–Kier alpha value is -4.67. The number of ether oxygens (including phenoxy) is 1. The number of carbonyl (C=O) groups excluding carboxylic acids is 4. The van der Waals surface area contributed by atoms with E-state index in [1.165, 1.54) is 0 Å². The molecule has 5 rings (SSSR count). The number of fused-ring (bicyclic) bond motifs is 4. The number of ketones is 1. The molecule has 242 valence electrons. The first-order valence-electron chi connectivity index (χ1n) is 15.4. The third kappa shape index (κ3) is 9.66. The van der Waals surface area contributed by atoms with Gasteiger partial charge in [-0.3, -0.25) is 19.2 Å². The van der Waals surface area contributed by atoms with Crippen LogP contribution in [0, 0.1) is 11.8 Å². The summed E-state index contributed by atoms with van der Waals surface area (Å²) in [7, 11) is 0. The highest BCUT2D eigenvalue weighted by molar-refractivity contribution is 5.95. The number of nitrogens with one attached hydrogen (secondary N) is 3. The molecule has 1 saturated carbocycles. The number of alkyl halides is 3. The molecule has 3 aromatic carbocycles. The van der Waals surface area contributed by atoms with Crippen molar-refractivity contribution < 1.29 is 37.1 Å². The standard InChI is InChI=1S/C35H36F3N3O5/c36-35(37,38)21-39-34(45)30-19-24-9-5-11-28(17-24)46-27-10-4-8-23(16-27)18-29(40-32(43)25-14-15-25)31(42)20-26(33(44)41-30)13-12-22-6-2-1-3-7-22/h1-11,16-17,25-26,29-30H,12-15,18-21H2,(H,39,45)(H,40,43)(H,41,44)/t26-,29+,30+/m1/s1. The fourth-order valence-corrected chi connectivity index (χ4v) is 5.47. The Kier molecular flexibility index (Phi) is 10.4. The van der Waals surface area contributed by atoms with Crippen LogP contribution in [0.1, 0.15) is 42.4 Å². The summed E-state index contributed by atoms with van der Waals surface area (Å²) in [6.45, 7) is -1.56. The van der Waals surface area contributed by atoms with E-state index in [4.69, 9.17) is 4.74 Å². The smallest absolute Gasteiger partial charge is 0.405 e. The molecule has 3 atom stereocenters. The normalized spacial score (nSPS) is 20.6. The van der Waals surface area contributed by atoms with Crippen molar-refractivity contribution in [3.63, 3.8) is 0 Å². The lowest BCUT2D eigenvalue weighted by atomic mass is 9.89. The molecule has 4 bridgehead atoms. The van der Waals surface area contributed by atoms with Gasteiger partial charge in [-0.05, 0) is 73.1 Å². The van der Waals surface area contributed by atoms with Crippen LogP contribution in [0.2, 0.25) is 0 Å². The maximum atomic E-state index is 13.9. The lowest BCUT2D eigenvalue weighted by molar-refractivity contribution is -0.141. The maximum absolute atomic E-state index is 13.9. The summed E-state index contributed by atoms with van der Waals surface area (Å²) in [6.07, 6.45) is -2.67. The van der Waals surface area contributed by atoms with E-state index in [1.54, 1.807) is 42.5 Å². The molecule has 1 aliphatic carbocycles. The largest absolute Gasteiger partial charge is 0.457 e. The molecule has 1 aliphatic heterocycles. The highest BCUT2D eigenvalue weighted by Gasteiger charge is 2.35. The van der Waals surface area contributed by atoms with E-state index in [2.05, 4.69) is 10.6 Å². The van der Waals surface area contributed by atoms with Crippen LogP contribution >= 0.6 is 0 Å². The second kappa shape index (κ2) is 14.6. The van der Waals surface area contributed by atoms with Crippen LogP contribution in [-0.4, -0.2) is 48.3 Å². The van der Waals surface area contributed by atoms with Gasteiger partial charge in [0, 0.05) is 24.7 Å². The van der Waals surface area contributed by atoms with Gasteiger partial charge in [0.25, 0.3) is 0 Å². The molecule has 0 saturated heterocycles. The van der Waals surface area contributed by atoms with Gasteiger partial charge in [0.15, 0.2) is 5.78 Å². The zero-order valence-electron chi connectivity index (χ0n) is 25.1. The molecular weight excluding hydrogens is 599 g/mol. The van der Waals surface area contributed by atoms with Crippen LogP contribution in [0.25, 0.3) is 0 Å². The van der Waals surface area contributed by atoms with Gasteiger partial charge in [0.05, 0.1) is 6.04 Å². The van der Waals surface area contributed by atoms with Gasteiger partial charge in [-0.15, -0.1) is 0 Å². The molecule has 1 heterocycles. The fraction of sp³-hybridized carbons (Fsp3) is 0.371. The summed E-state index contributed by atoms with van der Waals surface area (Å²) in [5, 5.41) is 7.40. The summed E-state index contributed by atoms with van der Waals surface area (Å²) in [5.74, 6) is -2.39. The molecule has 1 fully saturated rings. The Bertz CT molecular complexity index is 1560. The van der Waals surface area contributed by atoms with Crippen LogP contribution in [0.3, 0.4) is 0 Å². The molecule has 0 spiro atoms. The molecule has 0 radical (unpaired) electrons. The number of halogens is 3. The number of benzene rings is 3. The van der Waals surface area contributed by atoms with Crippen LogP contribution in [0.5, 0.6) is 11.5 Å². The highest BCUT2D eigenvalue weighted by Crippen LogP contribution is 2.30. The first kappa shape index (κ1) is 32.7. The van der Waals surface area contributed by atoms with E-state index in [9.17, 15) is 32.3 Å². The Morgan fingerprint density at radius 2 is 1.48 bits per heavy atom. The van der Waals surface area contributed by atoms with Crippen molar-refractivity contribution >= 4 is 23.5 Å². The molecule has 8 nitrogen and oxygen atoms in total. The zero-order valence-corrected chi connectivity index (χ0v) is 25.1. The molecule has 3 aromatic rings.